The summed E-state index contributed by atoms with van der Waals surface area (Å²) in [6.45, 7) is 7.78. The molecule has 1 aliphatic carbocycles. The lowest BCUT2D eigenvalue weighted by Gasteiger charge is -2.35. The molecule has 32 heavy (non-hydrogen) atoms. The number of methoxy groups -OCH3 is 1. The van der Waals surface area contributed by atoms with Gasteiger partial charge in [0.15, 0.2) is 0 Å². The number of fused-ring (bicyclic) bond motifs is 1. The van der Waals surface area contributed by atoms with Crippen molar-refractivity contribution >= 4 is 15.7 Å². The molecule has 2 aromatic rings. The molecule has 4 rings (SSSR count). The Labute approximate surface area is 191 Å². The van der Waals surface area contributed by atoms with Gasteiger partial charge in [-0.1, -0.05) is 19.1 Å². The molecule has 0 unspecified atom stereocenters. The number of aromatic nitrogens is 1. The van der Waals surface area contributed by atoms with Gasteiger partial charge in [-0.05, 0) is 68.0 Å². The Kier molecular flexibility index (Phi) is 7.02. The second-order valence-corrected chi connectivity index (χ2v) is 10.2. The molecular formula is C24H33N3O4S. The van der Waals surface area contributed by atoms with Crippen molar-refractivity contribution in [1.29, 1.82) is 0 Å². The van der Waals surface area contributed by atoms with Crippen molar-refractivity contribution in [2.75, 3.05) is 38.1 Å². The molecule has 1 N–H and O–H groups in total. The Morgan fingerprint density at radius 3 is 2.50 bits per heavy atom. The Hall–Kier alpha value is -2.16. The average molecular weight is 460 g/mol. The fraction of sp³-hybridized carbons (Fsp3) is 0.542. The molecule has 0 saturated heterocycles. The molecule has 1 saturated carbocycles. The van der Waals surface area contributed by atoms with Crippen LogP contribution < -0.4 is 9.46 Å². The van der Waals surface area contributed by atoms with Gasteiger partial charge in [-0.15, -0.1) is 0 Å². The number of likely N-dealkylation sites (N-methyl/N-ethyl adjacent to an activating group) is 1. The van der Waals surface area contributed by atoms with Crippen LogP contribution in [0.15, 0.2) is 35.2 Å². The van der Waals surface area contributed by atoms with Crippen LogP contribution in [0.1, 0.15) is 49.4 Å². The summed E-state index contributed by atoms with van der Waals surface area (Å²) in [6, 6.07) is 9.05. The lowest BCUT2D eigenvalue weighted by Crippen LogP contribution is -2.29. The van der Waals surface area contributed by atoms with Crippen LogP contribution in [0.2, 0.25) is 0 Å². The second-order valence-electron chi connectivity index (χ2n) is 8.51. The van der Waals surface area contributed by atoms with Crippen molar-refractivity contribution in [3.63, 3.8) is 0 Å². The van der Waals surface area contributed by atoms with Gasteiger partial charge in [0.1, 0.15) is 5.69 Å². The van der Waals surface area contributed by atoms with Gasteiger partial charge < -0.3 is 14.4 Å². The van der Waals surface area contributed by atoms with Crippen molar-refractivity contribution < 1.29 is 17.9 Å². The Morgan fingerprint density at radius 1 is 1.12 bits per heavy atom. The molecule has 1 aliphatic heterocycles. The molecule has 1 fully saturated rings. The number of pyridine rings is 1. The Bertz CT molecular complexity index is 1030. The lowest BCUT2D eigenvalue weighted by atomic mass is 9.77. The lowest BCUT2D eigenvalue weighted by molar-refractivity contribution is -0.00319. The van der Waals surface area contributed by atoms with E-state index in [9.17, 15) is 8.42 Å². The van der Waals surface area contributed by atoms with E-state index in [1.165, 1.54) is 7.11 Å². The fourth-order valence-corrected chi connectivity index (χ4v) is 5.59. The second kappa shape index (κ2) is 9.77. The monoisotopic (exact) mass is 459 g/mol. The third-order valence-electron chi connectivity index (χ3n) is 6.56. The number of nitrogens with zero attached hydrogens (tertiary/aromatic N) is 2. The summed E-state index contributed by atoms with van der Waals surface area (Å²) in [6.07, 6.45) is 3.98. The first-order valence-electron chi connectivity index (χ1n) is 11.5. The zero-order chi connectivity index (χ0) is 22.7. The minimum absolute atomic E-state index is 0.232. The third-order valence-corrected chi connectivity index (χ3v) is 7.94. The molecule has 7 nitrogen and oxygen atoms in total. The van der Waals surface area contributed by atoms with E-state index in [2.05, 4.69) is 21.5 Å². The van der Waals surface area contributed by atoms with Gasteiger partial charge in [0.05, 0.1) is 18.1 Å². The van der Waals surface area contributed by atoms with Crippen molar-refractivity contribution in [2.24, 2.45) is 0 Å². The average Bonchev–Trinajstić information content (AvgIpc) is 2.97. The topological polar surface area (TPSA) is 80.8 Å². The van der Waals surface area contributed by atoms with E-state index in [4.69, 9.17) is 9.47 Å². The Balaban J connectivity index is 1.50. The number of ether oxygens (including phenoxy) is 2. The maximum Gasteiger partial charge on any atom is 0.262 e. The summed E-state index contributed by atoms with van der Waals surface area (Å²) < 4.78 is 39.9. The van der Waals surface area contributed by atoms with Gasteiger partial charge in [-0.3, -0.25) is 4.72 Å². The minimum Gasteiger partial charge on any atom is -0.479 e. The summed E-state index contributed by atoms with van der Waals surface area (Å²) in [7, 11) is -2.23. The number of hydrogen-bond donors (Lipinski definition) is 1. The summed E-state index contributed by atoms with van der Waals surface area (Å²) in [4.78, 5) is 7.23. The van der Waals surface area contributed by atoms with E-state index in [0.717, 1.165) is 68.7 Å². The van der Waals surface area contributed by atoms with Crippen LogP contribution in [-0.4, -0.2) is 57.8 Å². The minimum atomic E-state index is -3.75. The van der Waals surface area contributed by atoms with Crippen LogP contribution in [0.5, 0.6) is 5.88 Å². The largest absolute Gasteiger partial charge is 0.479 e. The van der Waals surface area contributed by atoms with Gasteiger partial charge in [-0.25, -0.2) is 13.4 Å². The first-order valence-corrected chi connectivity index (χ1v) is 12.9. The van der Waals surface area contributed by atoms with Crippen LogP contribution in [0.25, 0.3) is 0 Å². The highest BCUT2D eigenvalue weighted by atomic mass is 32.2. The smallest absolute Gasteiger partial charge is 0.262 e. The summed E-state index contributed by atoms with van der Waals surface area (Å²) in [5.41, 5.74) is 3.60. The zero-order valence-electron chi connectivity index (χ0n) is 19.1. The van der Waals surface area contributed by atoms with E-state index < -0.39 is 10.0 Å². The predicted molar refractivity (Wildman–Crippen MR) is 125 cm³/mol. The summed E-state index contributed by atoms with van der Waals surface area (Å²) >= 11 is 0. The van der Waals surface area contributed by atoms with Crippen molar-refractivity contribution in [3.8, 4) is 5.88 Å². The van der Waals surface area contributed by atoms with E-state index in [1.807, 2.05) is 25.1 Å². The van der Waals surface area contributed by atoms with Crippen LogP contribution in [0.4, 0.5) is 5.69 Å². The summed E-state index contributed by atoms with van der Waals surface area (Å²) in [5.74, 6) is 0.748. The van der Waals surface area contributed by atoms with Crippen LogP contribution in [-0.2, 0) is 27.6 Å². The molecule has 0 radical (unpaired) electrons. The molecule has 174 valence electrons. The zero-order valence-corrected chi connectivity index (χ0v) is 20.0. The first kappa shape index (κ1) is 23.0. The van der Waals surface area contributed by atoms with Gasteiger partial charge in [0, 0.05) is 31.8 Å². The first-order chi connectivity index (χ1) is 15.4. The maximum absolute atomic E-state index is 13.1. The fourth-order valence-electron chi connectivity index (χ4n) is 4.54. The van der Waals surface area contributed by atoms with Crippen molar-refractivity contribution in [1.82, 2.24) is 9.88 Å². The van der Waals surface area contributed by atoms with E-state index in [1.54, 1.807) is 12.1 Å². The van der Waals surface area contributed by atoms with Crippen LogP contribution in [0, 0.1) is 0 Å². The third kappa shape index (κ3) is 4.92. The number of sulfonamides is 1. The van der Waals surface area contributed by atoms with E-state index in [-0.39, 0.29) is 4.90 Å². The molecule has 0 spiro atoms. The molecule has 2 heterocycles. The normalized spacial score (nSPS) is 21.3. The number of hydrogen-bond acceptors (Lipinski definition) is 6. The highest BCUT2D eigenvalue weighted by Crippen LogP contribution is 2.39. The van der Waals surface area contributed by atoms with Crippen LogP contribution >= 0.6 is 0 Å². The number of nitrogens with one attached hydrogen (secondary N) is 1. The van der Waals surface area contributed by atoms with Crippen molar-refractivity contribution in [2.45, 2.75) is 56.4 Å². The highest BCUT2D eigenvalue weighted by Gasteiger charge is 2.31. The SMILES string of the molecule is CCO[C@H]1C[C@@H](c2ccc(S(=O)(=O)Nc3cc4c(nc3OC)CCN(CC)CC4)cc2)C1. The molecule has 0 bridgehead atoms. The summed E-state index contributed by atoms with van der Waals surface area (Å²) in [5, 5.41) is 0. The van der Waals surface area contributed by atoms with E-state index >= 15 is 0 Å². The van der Waals surface area contributed by atoms with Crippen molar-refractivity contribution in [3.05, 3.63) is 47.2 Å². The standard InChI is InChI=1S/C24H33N3O4S/c1-4-27-12-10-18-16-23(24(30-3)25-22(18)11-13-27)26-32(28,29)21-8-6-17(7-9-21)19-14-20(15-19)31-5-2/h6-9,16,19-20,26H,4-5,10-15H2,1-3H3/t19-,20+. The predicted octanol–water partition coefficient (Wildman–Crippen LogP) is 3.59. The number of benzene rings is 1. The molecule has 0 atom stereocenters. The molecule has 8 heteroatoms. The van der Waals surface area contributed by atoms with Gasteiger partial charge in [-0.2, -0.15) is 0 Å². The Morgan fingerprint density at radius 2 is 1.84 bits per heavy atom. The molecular weight excluding hydrogens is 426 g/mol. The van der Waals surface area contributed by atoms with Gasteiger partial charge in [0.2, 0.25) is 5.88 Å². The maximum atomic E-state index is 13.1. The molecule has 0 amide bonds. The molecule has 2 aliphatic rings. The molecule has 1 aromatic carbocycles. The quantitative estimate of drug-likeness (QED) is 0.650. The van der Waals surface area contributed by atoms with E-state index in [0.29, 0.717) is 23.6 Å². The van der Waals surface area contributed by atoms with Gasteiger partial charge >= 0.3 is 0 Å². The van der Waals surface area contributed by atoms with Crippen LogP contribution in [0.3, 0.4) is 0 Å². The highest BCUT2D eigenvalue weighted by molar-refractivity contribution is 7.92. The number of rotatable bonds is 8. The van der Waals surface area contributed by atoms with Gasteiger partial charge in [0.25, 0.3) is 10.0 Å². The number of anilines is 1. The molecule has 1 aromatic heterocycles.